The predicted molar refractivity (Wildman–Crippen MR) is 174 cm³/mol. The number of hydrogen-bond donors (Lipinski definition) is 2. The van der Waals surface area contributed by atoms with Gasteiger partial charge in [0.15, 0.2) is 5.78 Å². The Hall–Kier alpha value is -0.190. The molecule has 36 heavy (non-hydrogen) atoms. The van der Waals surface area contributed by atoms with Crippen LogP contribution in [0.1, 0.15) is 28.8 Å². The topological polar surface area (TPSA) is 35.5 Å². The van der Waals surface area contributed by atoms with Crippen LogP contribution in [0.15, 0.2) is 48.5 Å². The molecule has 0 saturated heterocycles. The minimum absolute atomic E-state index is 0.00692. The molecule has 0 saturated carbocycles. The summed E-state index contributed by atoms with van der Waals surface area (Å²) in [5.74, 6) is 12.7. The molecule has 0 aromatic heterocycles. The Balaban J connectivity index is 1.61. The molecule has 2 aromatic carbocycles. The molecular weight excluding hydrogens is 565 g/mol. The first-order valence-corrected chi connectivity index (χ1v) is 18.2. The summed E-state index contributed by atoms with van der Waals surface area (Å²) in [7, 11) is 0. The van der Waals surface area contributed by atoms with E-state index in [1.54, 1.807) is 0 Å². The van der Waals surface area contributed by atoms with E-state index in [0.29, 0.717) is 24.3 Å². The van der Waals surface area contributed by atoms with Crippen LogP contribution in [-0.4, -0.2) is 76.5 Å². The SMILES string of the molecule is O=C(c1ccc(OCCCSCCSCCS)cc1)c1ccc(OCCCSCCSCCS)cc1. The summed E-state index contributed by atoms with van der Waals surface area (Å²) < 4.78 is 11.7. The first kappa shape index (κ1) is 32.0. The Bertz CT molecular complexity index is 750. The second-order valence-electron chi connectivity index (χ2n) is 7.68. The Morgan fingerprint density at radius 2 is 0.917 bits per heavy atom. The largest absolute Gasteiger partial charge is 0.494 e. The lowest BCUT2D eigenvalue weighted by molar-refractivity contribution is 0.103. The molecule has 0 spiro atoms. The van der Waals surface area contributed by atoms with Crippen LogP contribution in [0.4, 0.5) is 0 Å². The number of benzene rings is 2. The normalized spacial score (nSPS) is 10.9. The molecular formula is C27H38O3S6. The summed E-state index contributed by atoms with van der Waals surface area (Å²) in [6.45, 7) is 1.39. The molecule has 2 rings (SSSR count). The van der Waals surface area contributed by atoms with E-state index >= 15 is 0 Å². The predicted octanol–water partition coefficient (Wildman–Crippen LogP) is 7.25. The number of carbonyl (C=O) groups is 1. The minimum atomic E-state index is 0.00692. The number of ketones is 1. The Labute approximate surface area is 245 Å². The zero-order valence-corrected chi connectivity index (χ0v) is 25.8. The first-order chi connectivity index (χ1) is 17.7. The zero-order valence-electron chi connectivity index (χ0n) is 20.8. The molecule has 0 fully saturated rings. The van der Waals surface area contributed by atoms with Gasteiger partial charge in [0.05, 0.1) is 13.2 Å². The fourth-order valence-corrected chi connectivity index (χ4v) is 7.43. The molecule has 0 amide bonds. The van der Waals surface area contributed by atoms with E-state index in [2.05, 4.69) is 25.3 Å². The second kappa shape index (κ2) is 21.7. The third kappa shape index (κ3) is 14.7. The van der Waals surface area contributed by atoms with Crippen LogP contribution in [-0.2, 0) is 0 Å². The number of ether oxygens (including phenoxy) is 2. The van der Waals surface area contributed by atoms with Crippen LogP contribution < -0.4 is 9.47 Å². The van der Waals surface area contributed by atoms with Crippen molar-refractivity contribution in [1.29, 1.82) is 0 Å². The molecule has 9 heteroatoms. The van der Waals surface area contributed by atoms with Crippen molar-refractivity contribution in [3.05, 3.63) is 59.7 Å². The summed E-state index contributed by atoms with van der Waals surface area (Å²) in [4.78, 5) is 12.8. The third-order valence-electron chi connectivity index (χ3n) is 4.85. The second-order valence-corrected chi connectivity index (χ2v) is 13.5. The van der Waals surface area contributed by atoms with Gasteiger partial charge in [-0.05, 0) is 84.4 Å². The molecule has 0 bridgehead atoms. The maximum absolute atomic E-state index is 12.8. The van der Waals surface area contributed by atoms with Gasteiger partial charge >= 0.3 is 0 Å². The summed E-state index contributed by atoms with van der Waals surface area (Å²) in [5, 5.41) is 0. The van der Waals surface area contributed by atoms with Gasteiger partial charge in [-0.2, -0.15) is 72.3 Å². The Morgan fingerprint density at radius 1 is 0.556 bits per heavy atom. The molecule has 200 valence electrons. The zero-order chi connectivity index (χ0) is 25.7. The van der Waals surface area contributed by atoms with Gasteiger partial charge in [-0.25, -0.2) is 0 Å². The molecule has 0 N–H and O–H groups in total. The van der Waals surface area contributed by atoms with Crippen molar-refractivity contribution < 1.29 is 14.3 Å². The molecule has 0 aliphatic heterocycles. The van der Waals surface area contributed by atoms with E-state index in [1.165, 1.54) is 23.0 Å². The molecule has 0 aliphatic rings. The maximum atomic E-state index is 12.8. The van der Waals surface area contributed by atoms with Crippen LogP contribution >= 0.6 is 72.3 Å². The highest BCUT2D eigenvalue weighted by Crippen LogP contribution is 2.19. The molecule has 3 nitrogen and oxygen atoms in total. The van der Waals surface area contributed by atoms with Crippen LogP contribution in [0, 0.1) is 0 Å². The average Bonchev–Trinajstić information content (AvgIpc) is 2.91. The van der Waals surface area contributed by atoms with Crippen molar-refractivity contribution in [3.63, 3.8) is 0 Å². The van der Waals surface area contributed by atoms with Crippen LogP contribution in [0.3, 0.4) is 0 Å². The molecule has 0 aliphatic carbocycles. The highest BCUT2D eigenvalue weighted by Gasteiger charge is 2.09. The lowest BCUT2D eigenvalue weighted by Gasteiger charge is -2.08. The summed E-state index contributed by atoms with van der Waals surface area (Å²) in [5.41, 5.74) is 1.32. The van der Waals surface area contributed by atoms with Crippen molar-refractivity contribution in [1.82, 2.24) is 0 Å². The number of thiol groups is 2. The van der Waals surface area contributed by atoms with Gasteiger partial charge in [-0.15, -0.1) is 0 Å². The van der Waals surface area contributed by atoms with Crippen molar-refractivity contribution in [2.45, 2.75) is 12.8 Å². The number of rotatable bonds is 22. The van der Waals surface area contributed by atoms with Crippen LogP contribution in [0.5, 0.6) is 11.5 Å². The summed E-state index contributed by atoms with van der Waals surface area (Å²) in [6, 6.07) is 14.9. The van der Waals surface area contributed by atoms with E-state index in [4.69, 9.17) is 9.47 Å². The van der Waals surface area contributed by atoms with E-state index in [1.807, 2.05) is 95.6 Å². The van der Waals surface area contributed by atoms with E-state index in [9.17, 15) is 4.79 Å². The third-order valence-corrected chi connectivity index (χ3v) is 10.5. The molecule has 0 unspecified atom stereocenters. The highest BCUT2D eigenvalue weighted by molar-refractivity contribution is 8.03. The van der Waals surface area contributed by atoms with Crippen LogP contribution in [0.25, 0.3) is 0 Å². The van der Waals surface area contributed by atoms with E-state index < -0.39 is 0 Å². The molecule has 0 heterocycles. The van der Waals surface area contributed by atoms with Gasteiger partial charge < -0.3 is 9.47 Å². The van der Waals surface area contributed by atoms with Gasteiger partial charge in [-0.1, -0.05) is 0 Å². The van der Waals surface area contributed by atoms with Gasteiger partial charge in [0.1, 0.15) is 11.5 Å². The van der Waals surface area contributed by atoms with Crippen molar-refractivity contribution in [3.8, 4) is 11.5 Å². The molecule has 0 atom stereocenters. The van der Waals surface area contributed by atoms with Crippen molar-refractivity contribution in [2.75, 3.05) is 70.7 Å². The number of thioether (sulfide) groups is 4. The van der Waals surface area contributed by atoms with E-state index in [0.717, 1.165) is 58.9 Å². The number of hydrogen-bond acceptors (Lipinski definition) is 9. The molecule has 0 radical (unpaired) electrons. The fraction of sp³-hybridized carbons (Fsp3) is 0.519. The summed E-state index contributed by atoms with van der Waals surface area (Å²) in [6.07, 6.45) is 2.04. The summed E-state index contributed by atoms with van der Waals surface area (Å²) >= 11 is 16.3. The molecule has 2 aromatic rings. The standard InChI is InChI=1S/C27H38O3S6/c28-27(23-3-7-25(8-4-23)29-11-1-15-33-19-21-35-17-13-31)24-5-9-26(10-6-24)30-12-2-16-34-20-22-36-18-14-32/h3-10,31-32H,1-2,11-22H2. The highest BCUT2D eigenvalue weighted by atomic mass is 32.2. The van der Waals surface area contributed by atoms with Gasteiger partial charge in [0.2, 0.25) is 0 Å². The van der Waals surface area contributed by atoms with Gasteiger partial charge in [-0.3, -0.25) is 4.79 Å². The van der Waals surface area contributed by atoms with Crippen molar-refractivity contribution >= 4 is 78.1 Å². The number of carbonyl (C=O) groups excluding carboxylic acids is 1. The van der Waals surface area contributed by atoms with Gasteiger partial charge in [0, 0.05) is 45.6 Å². The Kier molecular flexibility index (Phi) is 19.3. The van der Waals surface area contributed by atoms with Gasteiger partial charge in [0.25, 0.3) is 0 Å². The lowest BCUT2D eigenvalue weighted by atomic mass is 10.0. The Morgan fingerprint density at radius 3 is 1.28 bits per heavy atom. The van der Waals surface area contributed by atoms with E-state index in [-0.39, 0.29) is 5.78 Å². The minimum Gasteiger partial charge on any atom is -0.494 e. The maximum Gasteiger partial charge on any atom is 0.193 e. The lowest BCUT2D eigenvalue weighted by Crippen LogP contribution is -2.03. The monoisotopic (exact) mass is 602 g/mol. The van der Waals surface area contributed by atoms with Crippen molar-refractivity contribution in [2.24, 2.45) is 0 Å². The average molecular weight is 603 g/mol. The first-order valence-electron chi connectivity index (χ1n) is 12.3. The smallest absolute Gasteiger partial charge is 0.193 e. The van der Waals surface area contributed by atoms with Crippen LogP contribution in [0.2, 0.25) is 0 Å². The fourth-order valence-electron chi connectivity index (χ4n) is 3.05. The quantitative estimate of drug-likeness (QED) is 0.0835.